The number of nitrogens with zero attached hydrogens (tertiary/aromatic N) is 2. The van der Waals surface area contributed by atoms with Gasteiger partial charge in [0.15, 0.2) is 5.13 Å². The molecule has 0 radical (unpaired) electrons. The molecule has 0 aliphatic carbocycles. The molecule has 7 heteroatoms. The van der Waals surface area contributed by atoms with Crippen molar-refractivity contribution >= 4 is 33.9 Å². The Hall–Kier alpha value is -2.15. The number of ether oxygens (including phenoxy) is 1. The molecule has 0 atom stereocenters. The molecule has 0 bridgehead atoms. The van der Waals surface area contributed by atoms with Gasteiger partial charge in [0.1, 0.15) is 11.4 Å². The molecule has 6 nitrogen and oxygen atoms in total. The monoisotopic (exact) mass is 278 g/mol. The number of carbonyl (C=O) groups is 1. The maximum absolute atomic E-state index is 11.8. The highest BCUT2D eigenvalue weighted by Gasteiger charge is 2.15. The number of pyridine rings is 1. The number of esters is 1. The Morgan fingerprint density at radius 2 is 2.26 bits per heavy atom. The molecule has 0 saturated carbocycles. The first-order valence-electron chi connectivity index (χ1n) is 5.72. The van der Waals surface area contributed by atoms with Crippen LogP contribution in [-0.2, 0) is 4.74 Å². The summed E-state index contributed by atoms with van der Waals surface area (Å²) in [6, 6.07) is 1.54. The van der Waals surface area contributed by atoms with E-state index in [4.69, 9.17) is 10.5 Å². The number of rotatable bonds is 4. The van der Waals surface area contributed by atoms with Crippen molar-refractivity contribution in [2.24, 2.45) is 0 Å². The number of aromatic nitrogens is 2. The van der Waals surface area contributed by atoms with Gasteiger partial charge in [-0.25, -0.2) is 14.8 Å². The predicted molar refractivity (Wildman–Crippen MR) is 74.7 cm³/mol. The Morgan fingerprint density at radius 3 is 2.89 bits per heavy atom. The first-order chi connectivity index (χ1) is 9.10. The molecule has 2 heterocycles. The molecular formula is C12H14N4O2S. The lowest BCUT2D eigenvalue weighted by atomic mass is 10.2. The largest absolute Gasteiger partial charge is 0.462 e. The summed E-state index contributed by atoms with van der Waals surface area (Å²) in [5.74, 6) is -0.0694. The van der Waals surface area contributed by atoms with Crippen LogP contribution in [0.1, 0.15) is 22.2 Å². The Balaban J connectivity index is 2.31. The molecule has 0 fully saturated rings. The van der Waals surface area contributed by atoms with Crippen molar-refractivity contribution in [1.29, 1.82) is 0 Å². The van der Waals surface area contributed by atoms with Gasteiger partial charge in [-0.1, -0.05) is 0 Å². The van der Waals surface area contributed by atoms with E-state index in [0.29, 0.717) is 28.8 Å². The van der Waals surface area contributed by atoms with E-state index in [1.807, 2.05) is 6.92 Å². The van der Waals surface area contributed by atoms with Gasteiger partial charge >= 0.3 is 5.97 Å². The molecular weight excluding hydrogens is 264 g/mol. The number of aryl methyl sites for hydroxylation is 1. The molecule has 0 aromatic carbocycles. The van der Waals surface area contributed by atoms with Gasteiger partial charge in [0.2, 0.25) is 0 Å². The fourth-order valence-corrected chi connectivity index (χ4v) is 2.12. The second kappa shape index (κ2) is 5.66. The van der Waals surface area contributed by atoms with Crippen LogP contribution in [0.2, 0.25) is 0 Å². The van der Waals surface area contributed by atoms with Crippen LogP contribution in [0.25, 0.3) is 0 Å². The second-order valence-corrected chi connectivity index (χ2v) is 5.02. The Bertz CT molecular complexity index is 597. The average molecular weight is 278 g/mol. The van der Waals surface area contributed by atoms with Crippen LogP contribution in [0.5, 0.6) is 0 Å². The molecule has 0 aliphatic heterocycles. The van der Waals surface area contributed by atoms with E-state index in [9.17, 15) is 4.79 Å². The summed E-state index contributed by atoms with van der Waals surface area (Å²) in [5, 5.41) is 3.67. The minimum Gasteiger partial charge on any atom is -0.462 e. The lowest BCUT2D eigenvalue weighted by Gasteiger charge is -2.09. The number of nitrogens with one attached hydrogen (secondary N) is 1. The van der Waals surface area contributed by atoms with Crippen LogP contribution < -0.4 is 11.1 Å². The van der Waals surface area contributed by atoms with Gasteiger partial charge < -0.3 is 15.8 Å². The minimum absolute atomic E-state index is 0.295. The number of nitrogens with two attached hydrogens (primary N) is 1. The molecule has 0 spiro atoms. The minimum atomic E-state index is -0.460. The zero-order valence-electron chi connectivity index (χ0n) is 10.6. The van der Waals surface area contributed by atoms with Gasteiger partial charge in [-0.15, -0.1) is 11.3 Å². The van der Waals surface area contributed by atoms with Gasteiger partial charge in [-0.2, -0.15) is 0 Å². The summed E-state index contributed by atoms with van der Waals surface area (Å²) in [6.07, 6.45) is 3.22. The standard InChI is InChI=1S/C12H14N4O2S/c1-3-18-11(17)9-4-8(13)6-14-10(9)16-12-15-5-7(2)19-12/h4-6H,3,13H2,1-2H3,(H,14,15,16). The Kier molecular flexibility index (Phi) is 3.96. The quantitative estimate of drug-likeness (QED) is 0.834. The number of carbonyl (C=O) groups excluding carboxylic acids is 1. The van der Waals surface area contributed by atoms with Crippen molar-refractivity contribution in [1.82, 2.24) is 9.97 Å². The third-order valence-corrected chi connectivity index (χ3v) is 3.08. The van der Waals surface area contributed by atoms with E-state index in [2.05, 4.69) is 15.3 Å². The Morgan fingerprint density at radius 1 is 1.47 bits per heavy atom. The summed E-state index contributed by atoms with van der Waals surface area (Å²) in [7, 11) is 0. The van der Waals surface area contributed by atoms with Crippen LogP contribution in [-0.4, -0.2) is 22.5 Å². The summed E-state index contributed by atoms with van der Waals surface area (Å²) in [5.41, 5.74) is 6.35. The van der Waals surface area contributed by atoms with E-state index in [0.717, 1.165) is 4.88 Å². The van der Waals surface area contributed by atoms with Gasteiger partial charge in [0.25, 0.3) is 0 Å². The lowest BCUT2D eigenvalue weighted by Crippen LogP contribution is -2.10. The van der Waals surface area contributed by atoms with Crippen molar-refractivity contribution in [3.8, 4) is 0 Å². The molecule has 0 amide bonds. The highest BCUT2D eigenvalue weighted by Crippen LogP contribution is 2.24. The predicted octanol–water partition coefficient (Wildman–Crippen LogP) is 2.35. The molecule has 2 rings (SSSR count). The number of anilines is 3. The van der Waals surface area contributed by atoms with Gasteiger partial charge in [0.05, 0.1) is 18.5 Å². The van der Waals surface area contributed by atoms with E-state index in [-0.39, 0.29) is 0 Å². The summed E-state index contributed by atoms with van der Waals surface area (Å²) < 4.78 is 4.98. The average Bonchev–Trinajstić information content (AvgIpc) is 2.77. The number of nitrogen functional groups attached to an aromatic ring is 1. The van der Waals surface area contributed by atoms with E-state index in [1.165, 1.54) is 23.6 Å². The molecule has 19 heavy (non-hydrogen) atoms. The van der Waals surface area contributed by atoms with Crippen LogP contribution in [0.15, 0.2) is 18.5 Å². The molecule has 0 unspecified atom stereocenters. The Labute approximate surface area is 114 Å². The van der Waals surface area contributed by atoms with Crippen molar-refractivity contribution in [3.05, 3.63) is 28.9 Å². The third kappa shape index (κ3) is 3.19. The van der Waals surface area contributed by atoms with E-state index >= 15 is 0 Å². The zero-order valence-corrected chi connectivity index (χ0v) is 11.5. The molecule has 2 aromatic rings. The van der Waals surface area contributed by atoms with Gasteiger partial charge in [-0.3, -0.25) is 0 Å². The van der Waals surface area contributed by atoms with E-state index < -0.39 is 5.97 Å². The topological polar surface area (TPSA) is 90.1 Å². The normalized spacial score (nSPS) is 10.2. The number of thiazole rings is 1. The van der Waals surface area contributed by atoms with Crippen molar-refractivity contribution in [2.45, 2.75) is 13.8 Å². The SMILES string of the molecule is CCOC(=O)c1cc(N)cnc1Nc1ncc(C)s1. The second-order valence-electron chi connectivity index (χ2n) is 3.79. The smallest absolute Gasteiger partial charge is 0.341 e. The van der Waals surface area contributed by atoms with Gasteiger partial charge in [-0.05, 0) is 19.9 Å². The first kappa shape index (κ1) is 13.3. The summed E-state index contributed by atoms with van der Waals surface area (Å²) >= 11 is 1.47. The fourth-order valence-electron chi connectivity index (χ4n) is 1.46. The van der Waals surface area contributed by atoms with Crippen LogP contribution in [0.3, 0.4) is 0 Å². The van der Waals surface area contributed by atoms with Crippen molar-refractivity contribution in [3.63, 3.8) is 0 Å². The van der Waals surface area contributed by atoms with Gasteiger partial charge in [0, 0.05) is 11.1 Å². The van der Waals surface area contributed by atoms with Crippen molar-refractivity contribution < 1.29 is 9.53 Å². The van der Waals surface area contributed by atoms with Crippen LogP contribution >= 0.6 is 11.3 Å². The number of hydrogen-bond donors (Lipinski definition) is 2. The maximum Gasteiger partial charge on any atom is 0.341 e. The highest BCUT2D eigenvalue weighted by molar-refractivity contribution is 7.15. The molecule has 0 aliphatic rings. The molecule has 3 N–H and O–H groups in total. The molecule has 100 valence electrons. The third-order valence-electron chi connectivity index (χ3n) is 2.25. The van der Waals surface area contributed by atoms with E-state index in [1.54, 1.807) is 13.1 Å². The van der Waals surface area contributed by atoms with Crippen LogP contribution in [0, 0.1) is 6.92 Å². The maximum atomic E-state index is 11.8. The van der Waals surface area contributed by atoms with Crippen molar-refractivity contribution in [2.75, 3.05) is 17.7 Å². The lowest BCUT2D eigenvalue weighted by molar-refractivity contribution is 0.0527. The number of hydrogen-bond acceptors (Lipinski definition) is 7. The molecule has 2 aromatic heterocycles. The summed E-state index contributed by atoms with van der Waals surface area (Å²) in [4.78, 5) is 21.2. The summed E-state index contributed by atoms with van der Waals surface area (Å²) in [6.45, 7) is 3.99. The fraction of sp³-hybridized carbons (Fsp3) is 0.250. The first-order valence-corrected chi connectivity index (χ1v) is 6.54. The highest BCUT2D eigenvalue weighted by atomic mass is 32.1. The van der Waals surface area contributed by atoms with Crippen LogP contribution in [0.4, 0.5) is 16.6 Å². The zero-order chi connectivity index (χ0) is 13.8. The molecule has 0 saturated heterocycles.